The molecule has 0 unspecified atom stereocenters. The Bertz CT molecular complexity index is 2080. The first-order valence-electron chi connectivity index (χ1n) is 15.5. The van der Waals surface area contributed by atoms with Crippen LogP contribution >= 0.6 is 0 Å². The van der Waals surface area contributed by atoms with Gasteiger partial charge in [-0.25, -0.2) is 4.98 Å². The average molecular weight is 788 g/mol. The normalized spacial score (nSPS) is 14.8. The van der Waals surface area contributed by atoms with Gasteiger partial charge in [0, 0.05) is 34.7 Å². The Morgan fingerprint density at radius 1 is 0.891 bits per heavy atom. The molecule has 46 heavy (non-hydrogen) atoms. The number of aliphatic imine (C=N–C) groups is 1. The van der Waals surface area contributed by atoms with Gasteiger partial charge in [-0.1, -0.05) is 81.3 Å². The van der Waals surface area contributed by atoms with Crippen molar-refractivity contribution in [3.63, 3.8) is 0 Å². The summed E-state index contributed by atoms with van der Waals surface area (Å²) in [4.78, 5) is 14.3. The summed E-state index contributed by atoms with van der Waals surface area (Å²) < 4.78 is 14.9. The molecule has 234 valence electrons. The van der Waals surface area contributed by atoms with Gasteiger partial charge in [0.05, 0.1) is 23.9 Å². The van der Waals surface area contributed by atoms with E-state index in [9.17, 15) is 0 Å². The third-order valence-electron chi connectivity index (χ3n) is 8.32. The van der Waals surface area contributed by atoms with Gasteiger partial charge < -0.3 is 14.0 Å². The zero-order valence-corrected chi connectivity index (χ0v) is 29.1. The third-order valence-corrected chi connectivity index (χ3v) is 8.32. The van der Waals surface area contributed by atoms with E-state index in [0.29, 0.717) is 29.9 Å². The Labute approximate surface area is 284 Å². The van der Waals surface area contributed by atoms with Crippen molar-refractivity contribution in [2.75, 3.05) is 6.61 Å². The summed E-state index contributed by atoms with van der Waals surface area (Å²) in [6, 6.07) is 31.9. The van der Waals surface area contributed by atoms with Crippen molar-refractivity contribution in [3.05, 3.63) is 114 Å². The predicted octanol–water partition coefficient (Wildman–Crippen LogP) is 9.04. The number of pyridine rings is 2. The average Bonchev–Trinajstić information content (AvgIpc) is 3.65. The van der Waals surface area contributed by atoms with Crippen LogP contribution in [0.15, 0.2) is 90.2 Å². The first kappa shape index (κ1) is 31.7. The number of aromatic nitrogens is 3. The number of fused-ring (bicyclic) bond motifs is 3. The summed E-state index contributed by atoms with van der Waals surface area (Å²) in [5.74, 6) is 2.09. The molecule has 0 bridgehead atoms. The van der Waals surface area contributed by atoms with Crippen molar-refractivity contribution < 1.29 is 30.5 Å². The molecule has 7 heteroatoms. The molecule has 6 nitrogen and oxygen atoms in total. The maximum atomic E-state index is 6.65. The molecule has 0 saturated carbocycles. The van der Waals surface area contributed by atoms with Gasteiger partial charge in [0.2, 0.25) is 0 Å². The Kier molecular flexibility index (Phi) is 8.60. The minimum Gasteiger partial charge on any atom is -0.518 e. The summed E-state index contributed by atoms with van der Waals surface area (Å²) in [5, 5.41) is 2.26. The van der Waals surface area contributed by atoms with E-state index in [1.807, 2.05) is 42.6 Å². The fourth-order valence-electron chi connectivity index (χ4n) is 5.73. The molecule has 0 amide bonds. The molecule has 1 aliphatic rings. The van der Waals surface area contributed by atoms with E-state index >= 15 is 0 Å². The molecule has 0 radical (unpaired) electrons. The van der Waals surface area contributed by atoms with E-state index < -0.39 is 0 Å². The molecule has 0 N–H and O–H groups in total. The van der Waals surface area contributed by atoms with Crippen LogP contribution in [0.1, 0.15) is 51.3 Å². The third kappa shape index (κ3) is 6.11. The van der Waals surface area contributed by atoms with Crippen LogP contribution in [-0.2, 0) is 31.2 Å². The maximum absolute atomic E-state index is 6.65. The Morgan fingerprint density at radius 2 is 1.70 bits per heavy atom. The first-order valence-corrected chi connectivity index (χ1v) is 15.5. The fraction of sp³-hybridized carbons (Fsp3) is 0.256. The van der Waals surface area contributed by atoms with E-state index in [2.05, 4.69) is 99.6 Å². The van der Waals surface area contributed by atoms with Crippen LogP contribution in [0.25, 0.3) is 38.9 Å². The van der Waals surface area contributed by atoms with Gasteiger partial charge in [-0.3, -0.25) is 9.98 Å². The molecule has 0 saturated heterocycles. The quantitative estimate of drug-likeness (QED) is 0.158. The predicted molar refractivity (Wildman–Crippen MR) is 181 cm³/mol. The number of nitrogens with zero attached hydrogens (tertiary/aromatic N) is 4. The summed E-state index contributed by atoms with van der Waals surface area (Å²) >= 11 is 0. The van der Waals surface area contributed by atoms with E-state index in [1.54, 1.807) is 6.20 Å². The molecule has 0 fully saturated rings. The number of hydrogen-bond donors (Lipinski definition) is 0. The topological polar surface area (TPSA) is 61.5 Å². The smallest absolute Gasteiger partial charge is 0.518 e. The Hall–Kier alpha value is -4.28. The van der Waals surface area contributed by atoms with Crippen LogP contribution < -0.4 is 4.74 Å². The van der Waals surface area contributed by atoms with Crippen molar-refractivity contribution >= 4 is 27.8 Å². The van der Waals surface area contributed by atoms with Gasteiger partial charge in [0.15, 0.2) is 0 Å². The molecule has 3 aromatic heterocycles. The van der Waals surface area contributed by atoms with Crippen molar-refractivity contribution in [3.8, 4) is 28.4 Å². The van der Waals surface area contributed by atoms with Crippen LogP contribution in [0.3, 0.4) is 0 Å². The number of aryl methyl sites for hydroxylation is 1. The van der Waals surface area contributed by atoms with Crippen LogP contribution in [-0.4, -0.2) is 33.1 Å². The fourth-order valence-corrected chi connectivity index (χ4v) is 5.73. The van der Waals surface area contributed by atoms with Crippen LogP contribution in [0.4, 0.5) is 0 Å². The van der Waals surface area contributed by atoms with Crippen molar-refractivity contribution in [1.29, 1.82) is 0 Å². The second-order valence-electron chi connectivity index (χ2n) is 13.1. The molecule has 0 spiro atoms. The van der Waals surface area contributed by atoms with Crippen molar-refractivity contribution in [2.45, 2.75) is 53.0 Å². The zero-order chi connectivity index (χ0) is 31.3. The molecule has 7 rings (SSSR count). The molecule has 0 aliphatic carbocycles. The Balaban J connectivity index is 0.00000372. The van der Waals surface area contributed by atoms with Crippen molar-refractivity contribution in [1.82, 2.24) is 14.5 Å². The van der Waals surface area contributed by atoms with Gasteiger partial charge >= 0.3 is 21.1 Å². The van der Waals surface area contributed by atoms with E-state index in [4.69, 9.17) is 19.5 Å². The van der Waals surface area contributed by atoms with E-state index in [1.165, 1.54) is 5.56 Å². The molecular weight excluding hydrogens is 752 g/mol. The molecule has 1 atom stereocenters. The molecule has 4 heterocycles. The summed E-state index contributed by atoms with van der Waals surface area (Å²) in [7, 11) is 0. The summed E-state index contributed by atoms with van der Waals surface area (Å²) in [6.07, 6.45) is 3.63. The monoisotopic (exact) mass is 787 g/mol. The molecule has 3 aromatic carbocycles. The Morgan fingerprint density at radius 3 is 2.43 bits per heavy atom. The van der Waals surface area contributed by atoms with Gasteiger partial charge in [-0.2, -0.15) is 0 Å². The molecule has 1 aliphatic heterocycles. The van der Waals surface area contributed by atoms with Gasteiger partial charge in [-0.05, 0) is 54.7 Å². The number of ether oxygens (including phenoxy) is 2. The first-order chi connectivity index (χ1) is 21.6. The minimum atomic E-state index is -0.145. The number of rotatable bonds is 6. The minimum absolute atomic E-state index is 0. The van der Waals surface area contributed by atoms with E-state index in [-0.39, 0.29) is 32.5 Å². The largest absolute Gasteiger partial charge is 2.00 e. The summed E-state index contributed by atoms with van der Waals surface area (Å²) in [5.41, 5.74) is 7.47. The summed E-state index contributed by atoms with van der Waals surface area (Å²) in [6.45, 7) is 13.6. The standard InChI is InChI=1S/C39H36N4O2.Pt/c1-24(2)35-23-44-38(42-35)27-17-26(34-11-7-8-14-40-34)18-30(19-27)45-31-21-28(39(4,5)6)20-29(22-31)43-36-13-12-25(3)16-33(36)32-10-9-15-41-37(32)43;/h7-18,20-21,24,35H,23H2,1-6H3;/q-2;+2/t35-;/m0./s1. The maximum Gasteiger partial charge on any atom is 2.00 e. The van der Waals surface area contributed by atoms with Crippen molar-refractivity contribution in [2.24, 2.45) is 10.9 Å². The zero-order valence-electron chi connectivity index (χ0n) is 26.9. The molecule has 6 aromatic rings. The van der Waals surface area contributed by atoms with E-state index in [0.717, 1.165) is 50.0 Å². The number of benzene rings is 3. The number of hydrogen-bond acceptors (Lipinski definition) is 5. The molecular formula is C39H36N4O2Pt. The van der Waals surface area contributed by atoms with Gasteiger partial charge in [0.25, 0.3) is 0 Å². The van der Waals surface area contributed by atoms with Gasteiger partial charge in [-0.15, -0.1) is 29.8 Å². The second kappa shape index (κ2) is 12.5. The van der Waals surface area contributed by atoms with Crippen LogP contribution in [0.2, 0.25) is 0 Å². The SMILES string of the molecule is Cc1ccc2c(c1)c1cccnc1n2-c1[c-]c(Oc2[c-]c(C3=N[C@H](C(C)C)CO3)cc(-c3ccccn3)c2)cc(C(C)(C)C)c1.[Pt+2]. The second-order valence-corrected chi connectivity index (χ2v) is 13.1. The van der Waals surface area contributed by atoms with Gasteiger partial charge in [0.1, 0.15) is 11.5 Å². The van der Waals surface area contributed by atoms with Crippen LogP contribution in [0.5, 0.6) is 11.5 Å². The van der Waals surface area contributed by atoms with Crippen LogP contribution in [0, 0.1) is 25.0 Å².